The molecule has 1 saturated heterocycles. The normalized spacial score (nSPS) is 18.8. The summed E-state index contributed by atoms with van der Waals surface area (Å²) in [6.07, 6.45) is 0.929. The lowest BCUT2D eigenvalue weighted by molar-refractivity contribution is -0.152. The van der Waals surface area contributed by atoms with Gasteiger partial charge in [0.2, 0.25) is 0 Å². The highest BCUT2D eigenvalue weighted by Crippen LogP contribution is 2.30. The number of ether oxygens (including phenoxy) is 1. The van der Waals surface area contributed by atoms with Crippen molar-refractivity contribution in [1.82, 2.24) is 4.90 Å². The lowest BCUT2D eigenvalue weighted by Crippen LogP contribution is -2.44. The van der Waals surface area contributed by atoms with Gasteiger partial charge in [-0.15, -0.1) is 0 Å². The van der Waals surface area contributed by atoms with Crippen LogP contribution in [-0.4, -0.2) is 30.0 Å². The van der Waals surface area contributed by atoms with Gasteiger partial charge >= 0.3 is 5.97 Å². The van der Waals surface area contributed by atoms with E-state index in [-0.39, 0.29) is 29.7 Å². The summed E-state index contributed by atoms with van der Waals surface area (Å²) in [5.74, 6) is 0.0331. The Morgan fingerprint density at radius 1 is 1.19 bits per heavy atom. The molecule has 0 amide bonds. The summed E-state index contributed by atoms with van der Waals surface area (Å²) < 4.78 is 19.1. The molecule has 1 unspecified atom stereocenters. The molecule has 2 aromatic rings. The van der Waals surface area contributed by atoms with Crippen LogP contribution >= 0.6 is 0 Å². The van der Waals surface area contributed by atoms with E-state index in [0.717, 1.165) is 30.6 Å². The zero-order chi connectivity index (χ0) is 18.5. The highest BCUT2D eigenvalue weighted by molar-refractivity contribution is 5.76. The molecule has 0 aromatic heterocycles. The number of carbonyl (C=O) groups excluding carboxylic acids is 1. The molecule has 3 rings (SSSR count). The van der Waals surface area contributed by atoms with E-state index in [4.69, 9.17) is 4.74 Å². The van der Waals surface area contributed by atoms with Gasteiger partial charge in [0.05, 0.1) is 0 Å². The Kier molecular flexibility index (Phi) is 6.04. The number of likely N-dealkylation sites (tertiary alicyclic amines) is 1. The summed E-state index contributed by atoms with van der Waals surface area (Å²) in [5.41, 5.74) is 2.00. The number of hydrogen-bond donors (Lipinski definition) is 0. The summed E-state index contributed by atoms with van der Waals surface area (Å²) in [4.78, 5) is 14.9. The van der Waals surface area contributed by atoms with Crippen molar-refractivity contribution in [3.63, 3.8) is 0 Å². The summed E-state index contributed by atoms with van der Waals surface area (Å²) in [5, 5.41) is 0. The van der Waals surface area contributed by atoms with E-state index in [0.29, 0.717) is 6.61 Å². The molecule has 4 heteroatoms. The van der Waals surface area contributed by atoms with Gasteiger partial charge in [0.15, 0.2) is 0 Å². The molecule has 1 fully saturated rings. The molecule has 2 atom stereocenters. The lowest BCUT2D eigenvalue weighted by Gasteiger charge is -2.29. The molecule has 0 bridgehead atoms. The van der Waals surface area contributed by atoms with Crippen LogP contribution in [0.15, 0.2) is 54.6 Å². The molecule has 0 saturated carbocycles. The number of benzene rings is 2. The predicted octanol–water partition coefficient (Wildman–Crippen LogP) is 4.38. The molecule has 0 aliphatic carbocycles. The van der Waals surface area contributed by atoms with Gasteiger partial charge < -0.3 is 4.74 Å². The molecule has 0 radical (unpaired) electrons. The summed E-state index contributed by atoms with van der Waals surface area (Å²) in [6, 6.07) is 16.2. The van der Waals surface area contributed by atoms with Gasteiger partial charge in [0.25, 0.3) is 0 Å². The third-order valence-electron chi connectivity index (χ3n) is 5.03. The maximum Gasteiger partial charge on any atom is 0.323 e. The van der Waals surface area contributed by atoms with E-state index < -0.39 is 0 Å². The van der Waals surface area contributed by atoms with Crippen LogP contribution in [0, 0.1) is 11.7 Å². The van der Waals surface area contributed by atoms with Gasteiger partial charge in [-0.3, -0.25) is 9.69 Å². The molecule has 1 heterocycles. The van der Waals surface area contributed by atoms with Gasteiger partial charge in [-0.05, 0) is 48.1 Å². The van der Waals surface area contributed by atoms with Gasteiger partial charge in [0.1, 0.15) is 18.5 Å². The van der Waals surface area contributed by atoms with Crippen molar-refractivity contribution >= 4 is 5.97 Å². The summed E-state index contributed by atoms with van der Waals surface area (Å²) in [7, 11) is 0. The SMILES string of the molecule is CC(C)[C@H](C(=O)OCc1ccccc1)N1CCC(c2cccc(F)c2)C1. The molecule has 138 valence electrons. The maximum absolute atomic E-state index is 13.5. The van der Waals surface area contributed by atoms with Crippen LogP contribution in [-0.2, 0) is 16.1 Å². The fourth-order valence-corrected chi connectivity index (χ4v) is 3.73. The first-order valence-electron chi connectivity index (χ1n) is 9.24. The lowest BCUT2D eigenvalue weighted by atomic mass is 9.98. The van der Waals surface area contributed by atoms with Crippen LogP contribution in [0.1, 0.15) is 37.3 Å². The summed E-state index contributed by atoms with van der Waals surface area (Å²) in [6.45, 7) is 5.97. The fourth-order valence-electron chi connectivity index (χ4n) is 3.73. The van der Waals surface area contributed by atoms with E-state index in [1.165, 1.54) is 6.07 Å². The Morgan fingerprint density at radius 3 is 2.65 bits per heavy atom. The third-order valence-corrected chi connectivity index (χ3v) is 5.03. The van der Waals surface area contributed by atoms with E-state index in [2.05, 4.69) is 4.90 Å². The largest absolute Gasteiger partial charge is 0.460 e. The van der Waals surface area contributed by atoms with Crippen LogP contribution in [0.5, 0.6) is 0 Å². The Balaban J connectivity index is 1.63. The molecule has 1 aliphatic heterocycles. The Bertz CT molecular complexity index is 732. The fraction of sp³-hybridized carbons (Fsp3) is 0.409. The van der Waals surface area contributed by atoms with Gasteiger partial charge in [-0.1, -0.05) is 56.3 Å². The molecule has 0 spiro atoms. The smallest absolute Gasteiger partial charge is 0.323 e. The highest BCUT2D eigenvalue weighted by atomic mass is 19.1. The maximum atomic E-state index is 13.5. The minimum absolute atomic E-state index is 0.157. The van der Waals surface area contributed by atoms with Crippen molar-refractivity contribution in [3.05, 3.63) is 71.5 Å². The average molecular weight is 355 g/mol. The van der Waals surface area contributed by atoms with Crippen LogP contribution in [0.25, 0.3) is 0 Å². The summed E-state index contributed by atoms with van der Waals surface area (Å²) >= 11 is 0. The molecule has 2 aromatic carbocycles. The average Bonchev–Trinajstić information content (AvgIpc) is 3.10. The monoisotopic (exact) mass is 355 g/mol. The number of halogens is 1. The Morgan fingerprint density at radius 2 is 1.96 bits per heavy atom. The van der Waals surface area contributed by atoms with Gasteiger partial charge in [0, 0.05) is 6.54 Å². The second kappa shape index (κ2) is 8.45. The molecule has 3 nitrogen and oxygen atoms in total. The second-order valence-corrected chi connectivity index (χ2v) is 7.32. The zero-order valence-electron chi connectivity index (χ0n) is 15.4. The second-order valence-electron chi connectivity index (χ2n) is 7.32. The molecular formula is C22H26FNO2. The van der Waals surface area contributed by atoms with Crippen molar-refractivity contribution in [2.45, 2.75) is 38.8 Å². The molecular weight excluding hydrogens is 329 g/mol. The van der Waals surface area contributed by atoms with Crippen LogP contribution in [0.4, 0.5) is 4.39 Å². The standard InChI is InChI=1S/C22H26FNO2/c1-16(2)21(22(25)26-15-17-7-4-3-5-8-17)24-12-11-19(14-24)18-9-6-10-20(23)13-18/h3-10,13,16,19,21H,11-12,14-15H2,1-2H3/t19?,21-/m1/s1. The molecule has 1 aliphatic rings. The number of carbonyl (C=O) groups is 1. The van der Waals surface area contributed by atoms with E-state index in [9.17, 15) is 9.18 Å². The highest BCUT2D eigenvalue weighted by Gasteiger charge is 2.35. The Hall–Kier alpha value is -2.20. The van der Waals surface area contributed by atoms with E-state index in [1.54, 1.807) is 12.1 Å². The number of hydrogen-bond acceptors (Lipinski definition) is 3. The van der Waals surface area contributed by atoms with Crippen LogP contribution in [0.2, 0.25) is 0 Å². The molecule has 0 N–H and O–H groups in total. The number of rotatable bonds is 6. The first-order chi connectivity index (χ1) is 12.5. The van der Waals surface area contributed by atoms with Gasteiger partial charge in [-0.2, -0.15) is 0 Å². The first-order valence-corrected chi connectivity index (χ1v) is 9.24. The first kappa shape index (κ1) is 18.6. The number of esters is 1. The van der Waals surface area contributed by atoms with Crippen molar-refractivity contribution < 1.29 is 13.9 Å². The quantitative estimate of drug-likeness (QED) is 0.720. The number of nitrogens with zero attached hydrogens (tertiary/aromatic N) is 1. The minimum atomic E-state index is -0.266. The van der Waals surface area contributed by atoms with Crippen molar-refractivity contribution in [2.24, 2.45) is 5.92 Å². The predicted molar refractivity (Wildman–Crippen MR) is 100 cm³/mol. The van der Waals surface area contributed by atoms with Gasteiger partial charge in [-0.25, -0.2) is 4.39 Å². The third kappa shape index (κ3) is 4.50. The Labute approximate surface area is 154 Å². The van der Waals surface area contributed by atoms with E-state index in [1.807, 2.05) is 50.2 Å². The minimum Gasteiger partial charge on any atom is -0.460 e. The van der Waals surface area contributed by atoms with Crippen LogP contribution < -0.4 is 0 Å². The van der Waals surface area contributed by atoms with E-state index >= 15 is 0 Å². The topological polar surface area (TPSA) is 29.5 Å². The van der Waals surface area contributed by atoms with Crippen molar-refractivity contribution in [2.75, 3.05) is 13.1 Å². The van der Waals surface area contributed by atoms with Crippen LogP contribution in [0.3, 0.4) is 0 Å². The van der Waals surface area contributed by atoms with Crippen molar-refractivity contribution in [1.29, 1.82) is 0 Å². The molecule has 26 heavy (non-hydrogen) atoms. The zero-order valence-corrected chi connectivity index (χ0v) is 15.4. The van der Waals surface area contributed by atoms with Crippen molar-refractivity contribution in [3.8, 4) is 0 Å².